The molecule has 0 bridgehead atoms. The number of nitro benzene ring substituents is 1. The first-order valence-electron chi connectivity index (χ1n) is 10.4. The summed E-state index contributed by atoms with van der Waals surface area (Å²) in [6.45, 7) is 10.6. The Morgan fingerprint density at radius 1 is 1.13 bits per heavy atom. The highest BCUT2D eigenvalue weighted by Gasteiger charge is 2.58. The maximum atomic E-state index is 11.7. The Balaban J connectivity index is 1.81. The van der Waals surface area contributed by atoms with Crippen LogP contribution in [-0.4, -0.2) is 26.9 Å². The fourth-order valence-corrected chi connectivity index (χ4v) is 5.33. The van der Waals surface area contributed by atoms with E-state index in [1.54, 1.807) is 6.07 Å². The van der Waals surface area contributed by atoms with Crippen LogP contribution in [0.5, 0.6) is 11.6 Å². The maximum Gasteiger partial charge on any atom is 0.311 e. The number of rotatable bonds is 2. The van der Waals surface area contributed by atoms with Crippen LogP contribution >= 0.6 is 0 Å². The first kappa shape index (κ1) is 19.6. The maximum absolute atomic E-state index is 11.7. The summed E-state index contributed by atoms with van der Waals surface area (Å²) in [7, 11) is 0. The molecule has 2 atom stereocenters. The number of aromatic nitrogens is 2. The third-order valence-corrected chi connectivity index (χ3v) is 6.86. The summed E-state index contributed by atoms with van der Waals surface area (Å²) in [6, 6.07) is 13.3. The van der Waals surface area contributed by atoms with E-state index in [1.165, 1.54) is 11.6 Å². The van der Waals surface area contributed by atoms with Gasteiger partial charge in [-0.05, 0) is 39.8 Å². The van der Waals surface area contributed by atoms with Crippen LogP contribution in [0.15, 0.2) is 42.5 Å². The van der Waals surface area contributed by atoms with Gasteiger partial charge in [-0.25, -0.2) is 4.68 Å². The molecule has 0 saturated heterocycles. The highest BCUT2D eigenvalue weighted by Crippen LogP contribution is 2.58. The van der Waals surface area contributed by atoms with Crippen molar-refractivity contribution < 1.29 is 14.4 Å². The molecule has 0 fully saturated rings. The molecule has 0 aliphatic carbocycles. The smallest absolute Gasteiger partial charge is 0.311 e. The lowest BCUT2D eigenvalue weighted by Gasteiger charge is -2.52. The molecule has 0 amide bonds. The molecule has 0 unspecified atom stereocenters. The molecule has 0 N–H and O–H groups in total. The van der Waals surface area contributed by atoms with Gasteiger partial charge in [0.2, 0.25) is 11.6 Å². The lowest BCUT2D eigenvalue weighted by atomic mass is 9.59. The van der Waals surface area contributed by atoms with E-state index < -0.39 is 11.0 Å². The monoisotopic (exact) mass is 419 g/mol. The van der Waals surface area contributed by atoms with Crippen LogP contribution in [0, 0.1) is 29.9 Å². The van der Waals surface area contributed by atoms with Crippen molar-refractivity contribution in [2.24, 2.45) is 5.92 Å². The topological polar surface area (TPSA) is 79.4 Å². The summed E-state index contributed by atoms with van der Waals surface area (Å²) in [6.07, 6.45) is 0. The Kier molecular flexibility index (Phi) is 4.00. The number of ether oxygens (including phenoxy) is 2. The first-order valence-corrected chi connectivity index (χ1v) is 10.4. The van der Waals surface area contributed by atoms with Gasteiger partial charge in [0.25, 0.3) is 0 Å². The van der Waals surface area contributed by atoms with Gasteiger partial charge in [-0.3, -0.25) is 10.1 Å². The second-order valence-electron chi connectivity index (χ2n) is 9.20. The van der Waals surface area contributed by atoms with Crippen molar-refractivity contribution in [3.63, 3.8) is 0 Å². The molecule has 0 spiro atoms. The summed E-state index contributed by atoms with van der Waals surface area (Å²) in [5.74, 6) is 0.984. The average molecular weight is 419 g/mol. The Morgan fingerprint density at radius 3 is 2.52 bits per heavy atom. The van der Waals surface area contributed by atoms with Gasteiger partial charge < -0.3 is 9.47 Å². The second-order valence-corrected chi connectivity index (χ2v) is 9.20. The molecule has 2 aliphatic rings. The van der Waals surface area contributed by atoms with Crippen LogP contribution in [-0.2, 0) is 5.41 Å². The number of hydrogen-bond donors (Lipinski definition) is 0. The number of benzene rings is 2. The predicted octanol–water partition coefficient (Wildman–Crippen LogP) is 4.88. The molecule has 3 heterocycles. The van der Waals surface area contributed by atoms with Gasteiger partial charge in [0.05, 0.1) is 22.9 Å². The van der Waals surface area contributed by atoms with Gasteiger partial charge >= 0.3 is 5.69 Å². The van der Waals surface area contributed by atoms with Crippen molar-refractivity contribution in [2.75, 3.05) is 6.61 Å². The normalized spacial score (nSPS) is 23.1. The van der Waals surface area contributed by atoms with Crippen LogP contribution in [0.25, 0.3) is 5.69 Å². The van der Waals surface area contributed by atoms with Crippen LogP contribution in [0.3, 0.4) is 0 Å². The summed E-state index contributed by atoms with van der Waals surface area (Å²) in [5.41, 5.74) is 3.57. The van der Waals surface area contributed by atoms with Gasteiger partial charge in [-0.15, -0.1) is 0 Å². The molecule has 31 heavy (non-hydrogen) atoms. The molecule has 2 aromatic carbocycles. The summed E-state index contributed by atoms with van der Waals surface area (Å²) in [4.78, 5) is 11.3. The lowest BCUT2D eigenvalue weighted by molar-refractivity contribution is -0.386. The Hall–Kier alpha value is -3.35. The molecular weight excluding hydrogens is 394 g/mol. The minimum absolute atomic E-state index is 0.00778. The zero-order valence-electron chi connectivity index (χ0n) is 18.3. The third kappa shape index (κ3) is 2.62. The molecule has 160 valence electrons. The van der Waals surface area contributed by atoms with Gasteiger partial charge in [-0.2, -0.15) is 5.10 Å². The molecule has 0 saturated carbocycles. The minimum Gasteiger partial charge on any atom is -0.486 e. The largest absolute Gasteiger partial charge is 0.486 e. The van der Waals surface area contributed by atoms with Gasteiger partial charge in [0.15, 0.2) is 0 Å². The number of hydrogen-bond acceptors (Lipinski definition) is 5. The van der Waals surface area contributed by atoms with Crippen molar-refractivity contribution in [3.05, 3.63) is 75.0 Å². The zero-order valence-corrected chi connectivity index (χ0v) is 18.3. The van der Waals surface area contributed by atoms with Crippen molar-refractivity contribution in [1.82, 2.24) is 9.78 Å². The highest BCUT2D eigenvalue weighted by molar-refractivity contribution is 5.62. The molecule has 2 aliphatic heterocycles. The molecule has 1 aromatic heterocycles. The van der Waals surface area contributed by atoms with E-state index in [2.05, 4.69) is 6.92 Å². The quantitative estimate of drug-likeness (QED) is 0.437. The average Bonchev–Trinajstić information content (AvgIpc) is 3.03. The van der Waals surface area contributed by atoms with Crippen LogP contribution in [0.1, 0.15) is 43.2 Å². The summed E-state index contributed by atoms with van der Waals surface area (Å²) in [5, 5.41) is 16.5. The zero-order chi connectivity index (χ0) is 22.1. The number of fused-ring (bicyclic) bond motifs is 5. The van der Waals surface area contributed by atoms with Crippen molar-refractivity contribution in [2.45, 2.75) is 45.6 Å². The number of para-hydroxylation sites is 1. The van der Waals surface area contributed by atoms with E-state index in [-0.39, 0.29) is 16.5 Å². The van der Waals surface area contributed by atoms with Crippen molar-refractivity contribution in [1.29, 1.82) is 0 Å². The molecule has 0 radical (unpaired) electrons. The van der Waals surface area contributed by atoms with Gasteiger partial charge in [0, 0.05) is 28.5 Å². The molecular formula is C24H25N3O4. The molecule has 7 nitrogen and oxygen atoms in total. The van der Waals surface area contributed by atoms with E-state index in [0.717, 1.165) is 22.5 Å². The van der Waals surface area contributed by atoms with E-state index in [0.29, 0.717) is 18.2 Å². The third-order valence-electron chi connectivity index (χ3n) is 6.86. The Morgan fingerprint density at radius 2 is 1.84 bits per heavy atom. The lowest BCUT2D eigenvalue weighted by Crippen LogP contribution is -2.57. The van der Waals surface area contributed by atoms with Crippen molar-refractivity contribution >= 4 is 5.69 Å². The molecule has 5 rings (SSSR count). The van der Waals surface area contributed by atoms with E-state index >= 15 is 0 Å². The Labute approximate surface area is 180 Å². The van der Waals surface area contributed by atoms with Crippen molar-refractivity contribution in [3.8, 4) is 17.3 Å². The highest BCUT2D eigenvalue weighted by atomic mass is 16.6. The van der Waals surface area contributed by atoms with E-state index in [9.17, 15) is 10.1 Å². The fourth-order valence-electron chi connectivity index (χ4n) is 5.33. The molecule has 7 heteroatoms. The number of nitro groups is 1. The van der Waals surface area contributed by atoms with Crippen LogP contribution < -0.4 is 9.47 Å². The van der Waals surface area contributed by atoms with Crippen LogP contribution in [0.2, 0.25) is 0 Å². The van der Waals surface area contributed by atoms with E-state index in [4.69, 9.17) is 14.6 Å². The number of aryl methyl sites for hydroxylation is 2. The van der Waals surface area contributed by atoms with Crippen LogP contribution in [0.4, 0.5) is 5.69 Å². The number of nitrogens with zero attached hydrogens (tertiary/aromatic N) is 3. The first-order chi connectivity index (χ1) is 14.6. The second kappa shape index (κ2) is 6.33. The van der Waals surface area contributed by atoms with E-state index in [1.807, 2.05) is 62.7 Å². The minimum atomic E-state index is -0.570. The van der Waals surface area contributed by atoms with Gasteiger partial charge in [0.1, 0.15) is 5.60 Å². The SMILES string of the molecule is Cc1ccc(-n2nc(C)c3c2OC(C)(C)[C@H]2COc4c([N+](=O)[O-])cccc4[C@@]32C)cc1. The standard InChI is InChI=1S/C24H25N3O4/c1-14-9-11-16(12-10-14)26-22-20(15(2)25-26)24(5)17-7-6-8-18(27(28)29)21(17)30-13-19(24)23(3,4)31-22/h6-12,19H,13H2,1-5H3/t19-,24-/m1/s1. The Bertz CT molecular complexity index is 1210. The predicted molar refractivity (Wildman–Crippen MR) is 116 cm³/mol. The molecule has 3 aromatic rings. The van der Waals surface area contributed by atoms with Gasteiger partial charge in [-0.1, -0.05) is 36.8 Å². The summed E-state index contributed by atoms with van der Waals surface area (Å²) < 4.78 is 14.4. The fraction of sp³-hybridized carbons (Fsp3) is 0.375. The summed E-state index contributed by atoms with van der Waals surface area (Å²) >= 11 is 0.